The lowest BCUT2D eigenvalue weighted by Crippen LogP contribution is -2.50. The summed E-state index contributed by atoms with van der Waals surface area (Å²) in [4.78, 5) is 13.6. The van der Waals surface area contributed by atoms with Crippen LogP contribution in [0.15, 0.2) is 0 Å². The number of nitrogens with zero attached hydrogens (tertiary/aromatic N) is 2. The third kappa shape index (κ3) is 2.75. The molecule has 1 amide bonds. The summed E-state index contributed by atoms with van der Waals surface area (Å²) in [5, 5.41) is 9.16. The molecule has 1 aliphatic heterocycles. The van der Waals surface area contributed by atoms with Crippen LogP contribution in [-0.4, -0.2) is 42.4 Å². The van der Waals surface area contributed by atoms with Crippen LogP contribution in [0.25, 0.3) is 0 Å². The van der Waals surface area contributed by atoms with Crippen molar-refractivity contribution in [2.75, 3.05) is 19.7 Å². The van der Waals surface area contributed by atoms with Crippen LogP contribution in [0.4, 0.5) is 4.79 Å². The van der Waals surface area contributed by atoms with Gasteiger partial charge in [0.2, 0.25) is 0 Å². The van der Waals surface area contributed by atoms with Gasteiger partial charge in [-0.1, -0.05) is 0 Å². The van der Waals surface area contributed by atoms with Gasteiger partial charge in [-0.3, -0.25) is 0 Å². The summed E-state index contributed by atoms with van der Waals surface area (Å²) in [5.74, 6) is 0. The second-order valence-corrected chi connectivity index (χ2v) is 6.05. The monoisotopic (exact) mass is 252 g/mol. The number of morpholine rings is 1. The Balaban J connectivity index is 1.95. The Morgan fingerprint density at radius 2 is 2.17 bits per heavy atom. The van der Waals surface area contributed by atoms with Crippen molar-refractivity contribution in [3.05, 3.63) is 0 Å². The van der Waals surface area contributed by atoms with E-state index in [1.165, 1.54) is 0 Å². The minimum absolute atomic E-state index is 0.163. The van der Waals surface area contributed by atoms with Gasteiger partial charge in [-0.15, -0.1) is 0 Å². The summed E-state index contributed by atoms with van der Waals surface area (Å²) < 4.78 is 11.0. The molecule has 1 saturated carbocycles. The minimum atomic E-state index is -0.489. The fraction of sp³-hybridized carbons (Fsp3) is 0.846. The first kappa shape index (κ1) is 13.2. The third-order valence-electron chi connectivity index (χ3n) is 3.35. The van der Waals surface area contributed by atoms with E-state index < -0.39 is 5.60 Å². The van der Waals surface area contributed by atoms with E-state index in [2.05, 4.69) is 6.07 Å². The standard InChI is InChI=1S/C13H20N2O3/c1-12(2,3)18-11(16)15-6-7-17-10(8-15)13(9-14)4-5-13/h10H,4-8H2,1-3H3. The van der Waals surface area contributed by atoms with Gasteiger partial charge >= 0.3 is 6.09 Å². The highest BCUT2D eigenvalue weighted by Crippen LogP contribution is 2.50. The van der Waals surface area contributed by atoms with Crippen molar-refractivity contribution >= 4 is 6.09 Å². The second kappa shape index (κ2) is 4.43. The molecule has 18 heavy (non-hydrogen) atoms. The van der Waals surface area contributed by atoms with Gasteiger partial charge in [0.1, 0.15) is 5.60 Å². The molecular formula is C13H20N2O3. The molecule has 0 N–H and O–H groups in total. The molecule has 1 saturated heterocycles. The van der Waals surface area contributed by atoms with Crippen LogP contribution < -0.4 is 0 Å². The number of amides is 1. The van der Waals surface area contributed by atoms with E-state index in [9.17, 15) is 4.79 Å². The SMILES string of the molecule is CC(C)(C)OC(=O)N1CCOC(C2(C#N)CC2)C1. The van der Waals surface area contributed by atoms with E-state index in [1.54, 1.807) is 4.90 Å². The first-order chi connectivity index (χ1) is 8.36. The second-order valence-electron chi connectivity index (χ2n) is 6.05. The number of carbonyl (C=O) groups excluding carboxylic acids is 1. The van der Waals surface area contributed by atoms with Gasteiger partial charge in [-0.25, -0.2) is 4.79 Å². The molecule has 0 aromatic carbocycles. The van der Waals surface area contributed by atoms with Crippen LogP contribution in [0.1, 0.15) is 33.6 Å². The Morgan fingerprint density at radius 1 is 1.50 bits per heavy atom. The van der Waals surface area contributed by atoms with Gasteiger partial charge in [0.05, 0.1) is 30.7 Å². The molecule has 1 atom stereocenters. The summed E-state index contributed by atoms with van der Waals surface area (Å²) in [6.45, 7) is 7.02. The highest BCUT2D eigenvalue weighted by molar-refractivity contribution is 5.68. The fourth-order valence-corrected chi connectivity index (χ4v) is 2.12. The molecule has 2 fully saturated rings. The zero-order valence-corrected chi connectivity index (χ0v) is 11.2. The van der Waals surface area contributed by atoms with Gasteiger partial charge < -0.3 is 14.4 Å². The Morgan fingerprint density at radius 3 is 2.67 bits per heavy atom. The predicted octanol–water partition coefficient (Wildman–Crippen LogP) is 1.93. The van der Waals surface area contributed by atoms with Crippen molar-refractivity contribution < 1.29 is 14.3 Å². The van der Waals surface area contributed by atoms with Gasteiger partial charge in [0, 0.05) is 6.54 Å². The van der Waals surface area contributed by atoms with E-state index in [-0.39, 0.29) is 17.6 Å². The fourth-order valence-electron chi connectivity index (χ4n) is 2.12. The molecule has 5 nitrogen and oxygen atoms in total. The van der Waals surface area contributed by atoms with Crippen molar-refractivity contribution in [2.24, 2.45) is 5.41 Å². The third-order valence-corrected chi connectivity index (χ3v) is 3.35. The van der Waals surface area contributed by atoms with Gasteiger partial charge in [0.25, 0.3) is 0 Å². The average molecular weight is 252 g/mol. The van der Waals surface area contributed by atoms with Crippen LogP contribution in [0.2, 0.25) is 0 Å². The molecule has 2 rings (SSSR count). The number of rotatable bonds is 1. The molecule has 1 aliphatic carbocycles. The molecule has 5 heteroatoms. The lowest BCUT2D eigenvalue weighted by Gasteiger charge is -2.35. The molecule has 0 aromatic rings. The maximum absolute atomic E-state index is 12.0. The van der Waals surface area contributed by atoms with Crippen LogP contribution >= 0.6 is 0 Å². The van der Waals surface area contributed by atoms with Crippen LogP contribution in [0, 0.1) is 16.7 Å². The smallest absolute Gasteiger partial charge is 0.410 e. The van der Waals surface area contributed by atoms with E-state index in [4.69, 9.17) is 14.7 Å². The molecular weight excluding hydrogens is 232 g/mol. The van der Waals surface area contributed by atoms with Crippen LogP contribution in [-0.2, 0) is 9.47 Å². The highest BCUT2D eigenvalue weighted by atomic mass is 16.6. The Hall–Kier alpha value is -1.28. The maximum atomic E-state index is 12.0. The molecule has 1 heterocycles. The largest absolute Gasteiger partial charge is 0.444 e. The summed E-state index contributed by atoms with van der Waals surface area (Å²) in [6.07, 6.45) is 1.26. The number of hydrogen-bond donors (Lipinski definition) is 0. The topological polar surface area (TPSA) is 62.6 Å². The molecule has 0 aromatic heterocycles. The first-order valence-electron chi connectivity index (χ1n) is 6.37. The summed E-state index contributed by atoms with van der Waals surface area (Å²) in [5.41, 5.74) is -0.849. The van der Waals surface area contributed by atoms with Gasteiger partial charge in [0.15, 0.2) is 0 Å². The number of carbonyl (C=O) groups is 1. The molecule has 1 unspecified atom stereocenters. The van der Waals surface area contributed by atoms with E-state index in [1.807, 2.05) is 20.8 Å². The molecule has 0 bridgehead atoms. The minimum Gasteiger partial charge on any atom is -0.444 e. The quantitative estimate of drug-likeness (QED) is 0.715. The lowest BCUT2D eigenvalue weighted by atomic mass is 10.00. The molecule has 0 radical (unpaired) electrons. The summed E-state index contributed by atoms with van der Waals surface area (Å²) in [6, 6.07) is 2.33. The molecule has 2 aliphatic rings. The average Bonchev–Trinajstić information content (AvgIpc) is 3.08. The first-order valence-corrected chi connectivity index (χ1v) is 6.37. The Kier molecular flexibility index (Phi) is 3.24. The highest BCUT2D eigenvalue weighted by Gasteiger charge is 2.52. The van der Waals surface area contributed by atoms with E-state index in [0.717, 1.165) is 12.8 Å². The Labute approximate surface area is 108 Å². The van der Waals surface area contributed by atoms with Crippen molar-refractivity contribution in [1.82, 2.24) is 4.90 Å². The number of hydrogen-bond acceptors (Lipinski definition) is 4. The van der Waals surface area contributed by atoms with Gasteiger partial charge in [-0.05, 0) is 33.6 Å². The molecule has 0 spiro atoms. The zero-order chi connectivity index (χ0) is 13.4. The number of nitriles is 1. The summed E-state index contributed by atoms with van der Waals surface area (Å²) in [7, 11) is 0. The normalized spacial score (nSPS) is 26.3. The van der Waals surface area contributed by atoms with Crippen molar-refractivity contribution in [2.45, 2.75) is 45.3 Å². The predicted molar refractivity (Wildman–Crippen MR) is 64.8 cm³/mol. The van der Waals surface area contributed by atoms with Crippen LogP contribution in [0.5, 0.6) is 0 Å². The zero-order valence-electron chi connectivity index (χ0n) is 11.2. The van der Waals surface area contributed by atoms with Crippen molar-refractivity contribution in [1.29, 1.82) is 5.26 Å². The molecule has 100 valence electrons. The van der Waals surface area contributed by atoms with Crippen molar-refractivity contribution in [3.63, 3.8) is 0 Å². The van der Waals surface area contributed by atoms with Gasteiger partial charge in [-0.2, -0.15) is 5.26 Å². The Bertz CT molecular complexity index is 377. The maximum Gasteiger partial charge on any atom is 0.410 e. The van der Waals surface area contributed by atoms with Crippen molar-refractivity contribution in [3.8, 4) is 6.07 Å². The summed E-state index contributed by atoms with van der Waals surface area (Å²) >= 11 is 0. The van der Waals surface area contributed by atoms with E-state index in [0.29, 0.717) is 19.7 Å². The number of ether oxygens (including phenoxy) is 2. The lowest BCUT2D eigenvalue weighted by molar-refractivity contribution is -0.0600. The van der Waals surface area contributed by atoms with Crippen LogP contribution in [0.3, 0.4) is 0 Å². The van der Waals surface area contributed by atoms with E-state index >= 15 is 0 Å².